The molecule has 1 heterocycles. The number of aliphatic hydroxyl groups excluding tert-OH is 1. The van der Waals surface area contributed by atoms with Crippen LogP contribution in [-0.2, 0) is 4.74 Å². The van der Waals surface area contributed by atoms with Gasteiger partial charge in [0.05, 0.1) is 6.04 Å². The zero-order chi connectivity index (χ0) is 27.2. The number of hydrogen-bond donors (Lipinski definition) is 2. The lowest BCUT2D eigenvalue weighted by molar-refractivity contribution is 0.0747. The molecule has 0 bridgehead atoms. The molecule has 1 aliphatic heterocycles. The second-order valence-corrected chi connectivity index (χ2v) is 9.81. The highest BCUT2D eigenvalue weighted by Gasteiger charge is 2.36. The van der Waals surface area contributed by atoms with Crippen LogP contribution in [0.15, 0.2) is 97.1 Å². The number of hydrogen-bond acceptors (Lipinski definition) is 4. The largest absolute Gasteiger partial charge is 0.439 e. The summed E-state index contributed by atoms with van der Waals surface area (Å²) in [4.78, 5) is 23.7. The Morgan fingerprint density at radius 1 is 0.684 bits per heavy atom. The summed E-state index contributed by atoms with van der Waals surface area (Å²) in [5.41, 5.74) is 7.83. The van der Waals surface area contributed by atoms with E-state index in [4.69, 9.17) is 4.74 Å². The maximum Gasteiger partial charge on any atom is 0.408 e. The average Bonchev–Trinajstić information content (AvgIpc) is 3.31. The summed E-state index contributed by atoms with van der Waals surface area (Å²) in [5, 5.41) is 12.9. The third-order valence-corrected chi connectivity index (χ3v) is 6.63. The number of amides is 1. The Kier molecular flexibility index (Phi) is 8.39. The highest BCUT2D eigenvalue weighted by molar-refractivity contribution is 5.99. The molecule has 1 aliphatic rings. The zero-order valence-electron chi connectivity index (χ0n) is 22.1. The lowest BCUT2D eigenvalue weighted by Gasteiger charge is -2.18. The summed E-state index contributed by atoms with van der Waals surface area (Å²) in [6.45, 7) is 8.02. The first-order chi connectivity index (χ1) is 18.2. The van der Waals surface area contributed by atoms with E-state index >= 15 is 0 Å². The Bertz CT molecular complexity index is 1320. The van der Waals surface area contributed by atoms with Gasteiger partial charge >= 0.3 is 6.09 Å². The number of aryl methyl sites for hydroxylation is 4. The van der Waals surface area contributed by atoms with Crippen LogP contribution in [0.25, 0.3) is 0 Å². The molecule has 3 unspecified atom stereocenters. The van der Waals surface area contributed by atoms with Gasteiger partial charge in [-0.1, -0.05) is 119 Å². The summed E-state index contributed by atoms with van der Waals surface area (Å²) < 4.78 is 5.43. The Morgan fingerprint density at radius 2 is 1.11 bits per heavy atom. The standard InChI is InChI=1S/C17H17NO2.C16H16O2/c1-11-3-7-13(8-4-11)15-16(20-17(19)18-15)14-9-5-12(2)6-10-14;1-11-3-7-13(8-4-11)15(17)16(18)14-9-5-12(2)6-10-14/h3-10,15-16H,1-2H3,(H,18,19);3-10,15,17H,1-2H3. The molecule has 0 aromatic heterocycles. The molecule has 0 radical (unpaired) electrons. The fourth-order valence-electron chi connectivity index (χ4n) is 4.24. The van der Waals surface area contributed by atoms with Crippen molar-refractivity contribution in [2.24, 2.45) is 0 Å². The van der Waals surface area contributed by atoms with E-state index in [9.17, 15) is 14.7 Å². The van der Waals surface area contributed by atoms with E-state index in [-0.39, 0.29) is 24.0 Å². The Morgan fingerprint density at radius 3 is 1.61 bits per heavy atom. The van der Waals surface area contributed by atoms with E-state index in [1.807, 2.05) is 100 Å². The first-order valence-electron chi connectivity index (χ1n) is 12.7. The van der Waals surface area contributed by atoms with Gasteiger partial charge in [0, 0.05) is 5.56 Å². The number of cyclic esters (lactones) is 1. The van der Waals surface area contributed by atoms with E-state index in [1.54, 1.807) is 24.3 Å². The van der Waals surface area contributed by atoms with Crippen molar-refractivity contribution in [1.29, 1.82) is 0 Å². The topological polar surface area (TPSA) is 75.6 Å². The molecule has 0 aliphatic carbocycles. The second kappa shape index (κ2) is 11.9. The van der Waals surface area contributed by atoms with Crippen molar-refractivity contribution in [3.05, 3.63) is 142 Å². The predicted molar refractivity (Wildman–Crippen MR) is 149 cm³/mol. The van der Waals surface area contributed by atoms with Gasteiger partial charge in [-0.3, -0.25) is 4.79 Å². The van der Waals surface area contributed by atoms with Gasteiger partial charge in [0.1, 0.15) is 6.10 Å². The number of ketones is 1. The minimum Gasteiger partial charge on any atom is -0.439 e. The van der Waals surface area contributed by atoms with E-state index in [0.717, 1.165) is 22.3 Å². The first-order valence-corrected chi connectivity index (χ1v) is 12.7. The number of carbonyl (C=O) groups excluding carboxylic acids is 2. The van der Waals surface area contributed by atoms with Gasteiger partial charge in [-0.15, -0.1) is 0 Å². The first kappa shape index (κ1) is 26.8. The third kappa shape index (κ3) is 6.55. The van der Waals surface area contributed by atoms with Gasteiger partial charge in [0.15, 0.2) is 11.9 Å². The molecule has 0 spiro atoms. The number of rotatable bonds is 5. The minimum absolute atomic E-state index is 0.134. The van der Waals surface area contributed by atoms with Crippen molar-refractivity contribution in [3.8, 4) is 0 Å². The lowest BCUT2D eigenvalue weighted by Crippen LogP contribution is -2.19. The third-order valence-electron chi connectivity index (χ3n) is 6.63. The van der Waals surface area contributed by atoms with Crippen molar-refractivity contribution >= 4 is 11.9 Å². The second-order valence-electron chi connectivity index (χ2n) is 9.81. The summed E-state index contributed by atoms with van der Waals surface area (Å²) in [6, 6.07) is 30.7. The van der Waals surface area contributed by atoms with Crippen molar-refractivity contribution in [2.45, 2.75) is 45.9 Å². The SMILES string of the molecule is Cc1ccc(C(=O)C(O)c2ccc(C)cc2)cc1.Cc1ccc(C2NC(=O)OC2c2ccc(C)cc2)cc1. The molecule has 5 heteroatoms. The molecule has 1 saturated heterocycles. The molecule has 1 fully saturated rings. The van der Waals surface area contributed by atoms with E-state index in [0.29, 0.717) is 11.1 Å². The van der Waals surface area contributed by atoms with Gasteiger partial charge in [0.2, 0.25) is 0 Å². The minimum atomic E-state index is -1.09. The fourth-order valence-corrected chi connectivity index (χ4v) is 4.24. The number of ether oxygens (including phenoxy) is 1. The van der Waals surface area contributed by atoms with Crippen molar-refractivity contribution in [3.63, 3.8) is 0 Å². The molecular weight excluding hydrogens is 474 g/mol. The molecule has 38 heavy (non-hydrogen) atoms. The van der Waals surface area contributed by atoms with Crippen LogP contribution >= 0.6 is 0 Å². The molecule has 3 atom stereocenters. The molecular formula is C33H33NO4. The van der Waals surface area contributed by atoms with Crippen molar-refractivity contribution in [1.82, 2.24) is 5.32 Å². The number of carbonyl (C=O) groups is 2. The smallest absolute Gasteiger partial charge is 0.408 e. The van der Waals surface area contributed by atoms with E-state index in [1.165, 1.54) is 11.1 Å². The van der Waals surface area contributed by atoms with Crippen LogP contribution in [0.3, 0.4) is 0 Å². The summed E-state index contributed by atoms with van der Waals surface area (Å²) in [6.07, 6.45) is -1.72. The monoisotopic (exact) mass is 507 g/mol. The van der Waals surface area contributed by atoms with Crippen LogP contribution in [0.1, 0.15) is 67.6 Å². The molecule has 194 valence electrons. The van der Waals surface area contributed by atoms with Gasteiger partial charge in [0.25, 0.3) is 0 Å². The summed E-state index contributed by atoms with van der Waals surface area (Å²) in [5.74, 6) is -0.265. The molecule has 4 aromatic carbocycles. The molecule has 5 rings (SSSR count). The van der Waals surface area contributed by atoms with E-state index in [2.05, 4.69) is 5.32 Å². The highest BCUT2D eigenvalue weighted by Crippen LogP contribution is 2.36. The van der Waals surface area contributed by atoms with Crippen molar-refractivity contribution in [2.75, 3.05) is 0 Å². The van der Waals surface area contributed by atoms with Gasteiger partial charge in [-0.05, 0) is 44.4 Å². The molecule has 0 saturated carbocycles. The number of alkyl carbamates (subject to hydrolysis) is 1. The number of benzene rings is 4. The maximum absolute atomic E-state index is 12.1. The highest BCUT2D eigenvalue weighted by atomic mass is 16.6. The Balaban J connectivity index is 0.000000178. The number of nitrogens with one attached hydrogen (secondary N) is 1. The quantitative estimate of drug-likeness (QED) is 0.284. The van der Waals surface area contributed by atoms with Crippen LogP contribution in [0.2, 0.25) is 0 Å². The predicted octanol–water partition coefficient (Wildman–Crippen LogP) is 7.05. The lowest BCUT2D eigenvalue weighted by atomic mass is 9.95. The zero-order valence-corrected chi connectivity index (χ0v) is 22.1. The normalized spacial score (nSPS) is 17.0. The van der Waals surface area contributed by atoms with Gasteiger partial charge in [-0.2, -0.15) is 0 Å². The maximum atomic E-state index is 12.1. The molecule has 2 N–H and O–H groups in total. The van der Waals surface area contributed by atoms with Crippen LogP contribution < -0.4 is 5.32 Å². The van der Waals surface area contributed by atoms with Crippen LogP contribution in [0, 0.1) is 27.7 Å². The average molecular weight is 508 g/mol. The molecule has 1 amide bonds. The van der Waals surface area contributed by atoms with Gasteiger partial charge < -0.3 is 15.2 Å². The van der Waals surface area contributed by atoms with Crippen LogP contribution in [-0.4, -0.2) is 17.0 Å². The molecule has 5 nitrogen and oxygen atoms in total. The summed E-state index contributed by atoms with van der Waals surface area (Å²) in [7, 11) is 0. The van der Waals surface area contributed by atoms with Gasteiger partial charge in [-0.25, -0.2) is 4.79 Å². The fraction of sp³-hybridized carbons (Fsp3) is 0.212. The Hall–Kier alpha value is -4.22. The van der Waals surface area contributed by atoms with Crippen molar-refractivity contribution < 1.29 is 19.4 Å². The number of aliphatic hydroxyl groups is 1. The van der Waals surface area contributed by atoms with Crippen LogP contribution in [0.4, 0.5) is 4.79 Å². The Labute approximate surface area is 224 Å². The van der Waals surface area contributed by atoms with E-state index < -0.39 is 6.10 Å². The summed E-state index contributed by atoms with van der Waals surface area (Å²) >= 11 is 0. The number of Topliss-reactive ketones (excluding diaryl/α,β-unsaturated/α-hetero) is 1. The molecule has 4 aromatic rings. The van der Waals surface area contributed by atoms with Crippen LogP contribution in [0.5, 0.6) is 0 Å².